The molecule has 5 nitrogen and oxygen atoms in total. The molecular formula is C18H23ClN4O. The molecule has 1 atom stereocenters. The van der Waals surface area contributed by atoms with Crippen molar-refractivity contribution in [3.05, 3.63) is 41.0 Å². The van der Waals surface area contributed by atoms with Gasteiger partial charge in [-0.05, 0) is 32.2 Å². The molecule has 1 amide bonds. The third-order valence-corrected chi connectivity index (χ3v) is 4.85. The zero-order valence-electron chi connectivity index (χ0n) is 14.1. The summed E-state index contributed by atoms with van der Waals surface area (Å²) in [7, 11) is 2.14. The van der Waals surface area contributed by atoms with Crippen molar-refractivity contribution in [3.8, 4) is 0 Å². The fraction of sp³-hybridized carbons (Fsp3) is 0.444. The van der Waals surface area contributed by atoms with Gasteiger partial charge < -0.3 is 10.2 Å². The maximum absolute atomic E-state index is 12.6. The van der Waals surface area contributed by atoms with Crippen LogP contribution in [0, 0.1) is 0 Å². The van der Waals surface area contributed by atoms with E-state index < -0.39 is 0 Å². The van der Waals surface area contributed by atoms with E-state index in [1.807, 2.05) is 18.2 Å². The summed E-state index contributed by atoms with van der Waals surface area (Å²) in [4.78, 5) is 21.7. The van der Waals surface area contributed by atoms with Crippen LogP contribution in [0.25, 0.3) is 10.9 Å². The second kappa shape index (κ2) is 7.47. The number of piperazine rings is 1. The molecule has 1 aromatic carbocycles. The fourth-order valence-corrected chi connectivity index (χ4v) is 3.28. The molecule has 1 saturated heterocycles. The van der Waals surface area contributed by atoms with E-state index >= 15 is 0 Å². The Bertz CT molecular complexity index is 728. The molecule has 24 heavy (non-hydrogen) atoms. The van der Waals surface area contributed by atoms with E-state index in [0.717, 1.165) is 31.6 Å². The van der Waals surface area contributed by atoms with Crippen molar-refractivity contribution in [2.75, 3.05) is 39.8 Å². The molecule has 3 rings (SSSR count). The lowest BCUT2D eigenvalue weighted by Gasteiger charge is -2.36. The van der Waals surface area contributed by atoms with Crippen LogP contribution in [0.3, 0.4) is 0 Å². The van der Waals surface area contributed by atoms with Crippen LogP contribution in [0.1, 0.15) is 17.3 Å². The molecule has 1 N–H and O–H groups in total. The van der Waals surface area contributed by atoms with E-state index in [9.17, 15) is 4.79 Å². The van der Waals surface area contributed by atoms with Crippen LogP contribution >= 0.6 is 11.6 Å². The molecule has 128 valence electrons. The lowest BCUT2D eigenvalue weighted by Crippen LogP contribution is -2.51. The lowest BCUT2D eigenvalue weighted by atomic mass is 10.1. The number of amides is 1. The monoisotopic (exact) mass is 346 g/mol. The first-order valence-electron chi connectivity index (χ1n) is 8.29. The van der Waals surface area contributed by atoms with Crippen molar-refractivity contribution in [1.29, 1.82) is 0 Å². The molecular weight excluding hydrogens is 324 g/mol. The highest BCUT2D eigenvalue weighted by atomic mass is 35.5. The molecule has 6 heteroatoms. The molecule has 0 aliphatic carbocycles. The Morgan fingerprint density at radius 1 is 1.33 bits per heavy atom. The first kappa shape index (κ1) is 17.1. The van der Waals surface area contributed by atoms with Gasteiger partial charge in [0.25, 0.3) is 5.91 Å². The van der Waals surface area contributed by atoms with Crippen LogP contribution in [-0.4, -0.2) is 66.5 Å². The van der Waals surface area contributed by atoms with E-state index in [0.29, 0.717) is 28.7 Å². The summed E-state index contributed by atoms with van der Waals surface area (Å²) in [5.41, 5.74) is 1.22. The van der Waals surface area contributed by atoms with Crippen LogP contribution < -0.4 is 5.32 Å². The largest absolute Gasteiger partial charge is 0.350 e. The average molecular weight is 347 g/mol. The van der Waals surface area contributed by atoms with Gasteiger partial charge in [0.05, 0.1) is 11.1 Å². The molecule has 1 aliphatic heterocycles. The summed E-state index contributed by atoms with van der Waals surface area (Å²) >= 11 is 6.15. The number of likely N-dealkylation sites (N-methyl/N-ethyl adjacent to an activating group) is 1. The van der Waals surface area contributed by atoms with E-state index in [1.54, 1.807) is 12.3 Å². The van der Waals surface area contributed by atoms with E-state index in [-0.39, 0.29) is 5.91 Å². The minimum absolute atomic E-state index is 0.123. The number of hydrogen-bond donors (Lipinski definition) is 1. The number of fused-ring (bicyclic) bond motifs is 1. The van der Waals surface area contributed by atoms with Crippen LogP contribution in [-0.2, 0) is 0 Å². The zero-order valence-corrected chi connectivity index (χ0v) is 14.9. The van der Waals surface area contributed by atoms with Gasteiger partial charge in [-0.1, -0.05) is 17.7 Å². The standard InChI is InChI=1S/C18H23ClN4O/c1-13(23-8-6-22(2)7-9-23)12-21-18(24)16-11-15(19)10-14-4-3-5-20-17(14)16/h3-5,10-11,13H,6-9,12H2,1-2H3,(H,21,24)/t13-/m1/s1. The van der Waals surface area contributed by atoms with Gasteiger partial charge in [0.2, 0.25) is 0 Å². The van der Waals surface area contributed by atoms with Gasteiger partial charge in [-0.2, -0.15) is 0 Å². The van der Waals surface area contributed by atoms with Crippen LogP contribution in [0.5, 0.6) is 0 Å². The minimum atomic E-state index is -0.123. The normalized spacial score (nSPS) is 17.8. The predicted octanol–water partition coefficient (Wildman–Crippen LogP) is 2.25. The molecule has 1 aliphatic rings. The lowest BCUT2D eigenvalue weighted by molar-refractivity contribution is 0.0905. The van der Waals surface area contributed by atoms with Gasteiger partial charge in [-0.3, -0.25) is 14.7 Å². The number of halogens is 1. The molecule has 0 unspecified atom stereocenters. The highest BCUT2D eigenvalue weighted by Crippen LogP contribution is 2.22. The number of carbonyl (C=O) groups is 1. The first-order valence-corrected chi connectivity index (χ1v) is 8.67. The van der Waals surface area contributed by atoms with Gasteiger partial charge in [0.15, 0.2) is 0 Å². The number of aromatic nitrogens is 1. The van der Waals surface area contributed by atoms with Gasteiger partial charge in [-0.15, -0.1) is 0 Å². The third-order valence-electron chi connectivity index (χ3n) is 4.63. The van der Waals surface area contributed by atoms with Crippen molar-refractivity contribution in [2.45, 2.75) is 13.0 Å². The maximum atomic E-state index is 12.6. The van der Waals surface area contributed by atoms with Gasteiger partial charge in [-0.25, -0.2) is 0 Å². The van der Waals surface area contributed by atoms with Crippen molar-refractivity contribution >= 4 is 28.4 Å². The van der Waals surface area contributed by atoms with Crippen LogP contribution in [0.15, 0.2) is 30.5 Å². The Balaban J connectivity index is 1.67. The Labute approximate surface area is 147 Å². The van der Waals surface area contributed by atoms with Crippen molar-refractivity contribution in [1.82, 2.24) is 20.1 Å². The number of pyridine rings is 1. The predicted molar refractivity (Wildman–Crippen MR) is 97.6 cm³/mol. The highest BCUT2D eigenvalue weighted by Gasteiger charge is 2.20. The summed E-state index contributed by atoms with van der Waals surface area (Å²) < 4.78 is 0. The highest BCUT2D eigenvalue weighted by molar-refractivity contribution is 6.32. The molecule has 1 aromatic heterocycles. The summed E-state index contributed by atoms with van der Waals surface area (Å²) in [6.07, 6.45) is 1.69. The first-order chi connectivity index (χ1) is 11.5. The van der Waals surface area contributed by atoms with Crippen molar-refractivity contribution in [3.63, 3.8) is 0 Å². The van der Waals surface area contributed by atoms with E-state index in [2.05, 4.69) is 34.1 Å². The molecule has 0 saturated carbocycles. The summed E-state index contributed by atoms with van der Waals surface area (Å²) in [5, 5.41) is 4.46. The Hall–Kier alpha value is -1.69. The Kier molecular flexibility index (Phi) is 5.33. The molecule has 0 radical (unpaired) electrons. The van der Waals surface area contributed by atoms with Gasteiger partial charge >= 0.3 is 0 Å². The topological polar surface area (TPSA) is 48.5 Å². The number of benzene rings is 1. The summed E-state index contributed by atoms with van der Waals surface area (Å²) in [6, 6.07) is 7.58. The summed E-state index contributed by atoms with van der Waals surface area (Å²) in [6.45, 7) is 6.98. The molecule has 1 fully saturated rings. The molecule has 0 spiro atoms. The number of carbonyl (C=O) groups excluding carboxylic acids is 1. The number of nitrogens with zero attached hydrogens (tertiary/aromatic N) is 3. The second-order valence-corrected chi connectivity index (χ2v) is 6.86. The smallest absolute Gasteiger partial charge is 0.253 e. The summed E-state index contributed by atoms with van der Waals surface area (Å²) in [5.74, 6) is -0.123. The van der Waals surface area contributed by atoms with E-state index in [1.165, 1.54) is 0 Å². The molecule has 2 heterocycles. The minimum Gasteiger partial charge on any atom is -0.350 e. The SMILES string of the molecule is C[C@H](CNC(=O)c1cc(Cl)cc2cccnc12)N1CCN(C)CC1. The second-order valence-electron chi connectivity index (χ2n) is 6.43. The fourth-order valence-electron chi connectivity index (χ4n) is 3.06. The number of hydrogen-bond acceptors (Lipinski definition) is 4. The molecule has 2 aromatic rings. The quantitative estimate of drug-likeness (QED) is 0.922. The van der Waals surface area contributed by atoms with Crippen molar-refractivity contribution < 1.29 is 4.79 Å². The average Bonchev–Trinajstić information content (AvgIpc) is 2.59. The molecule has 0 bridgehead atoms. The van der Waals surface area contributed by atoms with Gasteiger partial charge in [0.1, 0.15) is 0 Å². The number of nitrogens with one attached hydrogen (secondary N) is 1. The Morgan fingerprint density at radius 2 is 2.08 bits per heavy atom. The van der Waals surface area contributed by atoms with E-state index in [4.69, 9.17) is 11.6 Å². The maximum Gasteiger partial charge on any atom is 0.253 e. The number of rotatable bonds is 4. The zero-order chi connectivity index (χ0) is 17.1. The van der Waals surface area contributed by atoms with Gasteiger partial charge in [0, 0.05) is 55.4 Å². The van der Waals surface area contributed by atoms with Crippen LogP contribution in [0.4, 0.5) is 0 Å². The van der Waals surface area contributed by atoms with Crippen molar-refractivity contribution in [2.24, 2.45) is 0 Å². The van der Waals surface area contributed by atoms with Crippen LogP contribution in [0.2, 0.25) is 5.02 Å². The third kappa shape index (κ3) is 3.86. The Morgan fingerprint density at radius 3 is 2.83 bits per heavy atom.